The van der Waals surface area contributed by atoms with Gasteiger partial charge in [0.05, 0.1) is 22.8 Å². The van der Waals surface area contributed by atoms with E-state index in [-0.39, 0.29) is 18.2 Å². The van der Waals surface area contributed by atoms with Crippen LogP contribution in [-0.4, -0.2) is 41.7 Å². The largest absolute Gasteiger partial charge is 0.481 e. The number of rotatable bonds is 2. The molecule has 2 heterocycles. The quantitative estimate of drug-likeness (QED) is 0.619. The van der Waals surface area contributed by atoms with Crippen molar-refractivity contribution < 1.29 is 19.6 Å². The number of piperidine rings is 1. The zero-order valence-electron chi connectivity index (χ0n) is 11.2. The molecule has 0 aromatic heterocycles. The fraction of sp³-hybridized carbons (Fsp3) is 0.462. The summed E-state index contributed by atoms with van der Waals surface area (Å²) in [5.41, 5.74) is 0.731. The normalized spacial score (nSPS) is 21.3. The Labute approximate surface area is 120 Å². The minimum Gasteiger partial charge on any atom is -0.481 e. The minimum atomic E-state index is -0.500. The molecule has 0 aliphatic carbocycles. The van der Waals surface area contributed by atoms with Crippen molar-refractivity contribution in [2.45, 2.75) is 18.9 Å². The second-order valence-corrected chi connectivity index (χ2v) is 5.17. The van der Waals surface area contributed by atoms with E-state index in [0.717, 1.165) is 6.42 Å². The molecule has 0 bridgehead atoms. The van der Waals surface area contributed by atoms with E-state index in [1.807, 2.05) is 0 Å². The SMILES string of the molecule is O=C1COc2cc([N+](=O)[O-])c(N3CCC[C@H](O)C3)cc2N1. The Morgan fingerprint density at radius 1 is 1.48 bits per heavy atom. The molecule has 3 rings (SSSR count). The van der Waals surface area contributed by atoms with Gasteiger partial charge < -0.3 is 20.1 Å². The molecule has 0 saturated carbocycles. The summed E-state index contributed by atoms with van der Waals surface area (Å²) in [6, 6.07) is 2.87. The van der Waals surface area contributed by atoms with E-state index in [0.29, 0.717) is 36.6 Å². The molecule has 8 nitrogen and oxygen atoms in total. The van der Waals surface area contributed by atoms with Gasteiger partial charge >= 0.3 is 0 Å². The van der Waals surface area contributed by atoms with Crippen LogP contribution in [0.5, 0.6) is 5.75 Å². The zero-order chi connectivity index (χ0) is 15.0. The van der Waals surface area contributed by atoms with Crippen molar-refractivity contribution in [3.05, 3.63) is 22.2 Å². The molecule has 1 amide bonds. The van der Waals surface area contributed by atoms with Crippen LogP contribution in [0.25, 0.3) is 0 Å². The summed E-state index contributed by atoms with van der Waals surface area (Å²) >= 11 is 0. The molecule has 0 unspecified atom stereocenters. The molecule has 2 aliphatic rings. The van der Waals surface area contributed by atoms with Crippen LogP contribution in [0.3, 0.4) is 0 Å². The van der Waals surface area contributed by atoms with Gasteiger partial charge in [-0.05, 0) is 18.9 Å². The highest BCUT2D eigenvalue weighted by Crippen LogP contribution is 2.40. The first-order valence-electron chi connectivity index (χ1n) is 6.72. The van der Waals surface area contributed by atoms with Gasteiger partial charge in [-0.15, -0.1) is 0 Å². The number of aliphatic hydroxyl groups excluding tert-OH is 1. The van der Waals surface area contributed by atoms with Crippen LogP contribution >= 0.6 is 0 Å². The van der Waals surface area contributed by atoms with Gasteiger partial charge in [0, 0.05) is 13.1 Å². The maximum Gasteiger partial charge on any atom is 0.296 e. The van der Waals surface area contributed by atoms with Crippen molar-refractivity contribution in [1.29, 1.82) is 0 Å². The predicted octanol–water partition coefficient (Wildman–Crippen LogP) is 0.887. The number of amides is 1. The van der Waals surface area contributed by atoms with Crippen LogP contribution < -0.4 is 15.0 Å². The first kappa shape index (κ1) is 13.6. The highest BCUT2D eigenvalue weighted by atomic mass is 16.6. The number of β-amino-alcohol motifs (C(OH)–C–C–N with tert-alkyl or cyclic N) is 1. The standard InChI is InChI=1S/C13H15N3O5/c17-8-2-1-3-15(6-8)10-4-9-12(5-11(10)16(19)20)21-7-13(18)14-9/h4-5,8,17H,1-3,6-7H2,(H,14,18)/t8-/m0/s1. The molecule has 2 aliphatic heterocycles. The molecular weight excluding hydrogens is 278 g/mol. The van der Waals surface area contributed by atoms with Crippen LogP contribution in [0.2, 0.25) is 0 Å². The van der Waals surface area contributed by atoms with E-state index in [2.05, 4.69) is 5.32 Å². The van der Waals surface area contributed by atoms with Crippen LogP contribution in [-0.2, 0) is 4.79 Å². The third kappa shape index (κ3) is 2.62. The third-order valence-electron chi connectivity index (χ3n) is 3.64. The Morgan fingerprint density at radius 3 is 3.00 bits per heavy atom. The molecule has 8 heteroatoms. The number of carbonyl (C=O) groups is 1. The van der Waals surface area contributed by atoms with Gasteiger partial charge in [-0.1, -0.05) is 0 Å². The highest BCUT2D eigenvalue weighted by Gasteiger charge is 2.28. The molecule has 1 atom stereocenters. The molecular formula is C13H15N3O5. The van der Waals surface area contributed by atoms with Gasteiger partial charge in [0.2, 0.25) is 0 Å². The molecule has 1 aromatic rings. The number of benzene rings is 1. The summed E-state index contributed by atoms with van der Waals surface area (Å²) in [7, 11) is 0. The summed E-state index contributed by atoms with van der Waals surface area (Å²) < 4.78 is 5.21. The fourth-order valence-corrected chi connectivity index (χ4v) is 2.68. The number of anilines is 2. The first-order valence-corrected chi connectivity index (χ1v) is 6.72. The molecule has 112 valence electrons. The number of nitrogens with one attached hydrogen (secondary N) is 1. The third-order valence-corrected chi connectivity index (χ3v) is 3.64. The van der Waals surface area contributed by atoms with Crippen molar-refractivity contribution in [3.63, 3.8) is 0 Å². The molecule has 2 N–H and O–H groups in total. The van der Waals surface area contributed by atoms with E-state index >= 15 is 0 Å². The van der Waals surface area contributed by atoms with Crippen LogP contribution in [0.1, 0.15) is 12.8 Å². The molecule has 21 heavy (non-hydrogen) atoms. The summed E-state index contributed by atoms with van der Waals surface area (Å²) in [6.45, 7) is 0.825. The van der Waals surface area contributed by atoms with Gasteiger partial charge in [0.25, 0.3) is 11.6 Å². The highest BCUT2D eigenvalue weighted by molar-refractivity contribution is 5.97. The molecule has 1 saturated heterocycles. The number of nitro groups is 1. The van der Waals surface area contributed by atoms with E-state index in [9.17, 15) is 20.0 Å². The van der Waals surface area contributed by atoms with Crippen LogP contribution in [0.4, 0.5) is 17.1 Å². The monoisotopic (exact) mass is 293 g/mol. The van der Waals surface area contributed by atoms with Crippen LogP contribution in [0.15, 0.2) is 12.1 Å². The van der Waals surface area contributed by atoms with E-state index in [4.69, 9.17) is 4.74 Å². The Kier molecular flexibility index (Phi) is 3.38. The van der Waals surface area contributed by atoms with Gasteiger partial charge in [0.1, 0.15) is 5.69 Å². The molecule has 1 aromatic carbocycles. The second kappa shape index (κ2) is 5.21. The number of hydrogen-bond donors (Lipinski definition) is 2. The van der Waals surface area contributed by atoms with Crippen molar-refractivity contribution in [1.82, 2.24) is 0 Å². The number of ether oxygens (including phenoxy) is 1. The summed E-state index contributed by atoms with van der Waals surface area (Å²) in [5.74, 6) is 0.00332. The van der Waals surface area contributed by atoms with Gasteiger partial charge in [-0.25, -0.2) is 0 Å². The number of nitrogens with zero attached hydrogens (tertiary/aromatic N) is 2. The van der Waals surface area contributed by atoms with Gasteiger partial charge in [-0.2, -0.15) is 0 Å². The van der Waals surface area contributed by atoms with E-state index < -0.39 is 11.0 Å². The smallest absolute Gasteiger partial charge is 0.296 e. The lowest BCUT2D eigenvalue weighted by Crippen LogP contribution is -2.38. The molecule has 1 fully saturated rings. The first-order chi connectivity index (χ1) is 10.0. The van der Waals surface area contributed by atoms with Crippen molar-refractivity contribution in [2.75, 3.05) is 29.9 Å². The summed E-state index contributed by atoms with van der Waals surface area (Å²) in [5, 5.41) is 23.7. The topological polar surface area (TPSA) is 105 Å². The van der Waals surface area contributed by atoms with Crippen molar-refractivity contribution in [2.24, 2.45) is 0 Å². The number of carbonyl (C=O) groups excluding carboxylic acids is 1. The summed E-state index contributed by atoms with van der Waals surface area (Å²) in [6.07, 6.45) is 0.952. The van der Waals surface area contributed by atoms with Crippen molar-refractivity contribution >= 4 is 23.0 Å². The maximum absolute atomic E-state index is 11.4. The lowest BCUT2D eigenvalue weighted by Gasteiger charge is -2.32. The lowest BCUT2D eigenvalue weighted by molar-refractivity contribution is -0.384. The zero-order valence-corrected chi connectivity index (χ0v) is 11.2. The van der Waals surface area contributed by atoms with E-state index in [1.54, 1.807) is 11.0 Å². The number of nitro benzene ring substituents is 1. The Morgan fingerprint density at radius 2 is 2.29 bits per heavy atom. The summed E-state index contributed by atoms with van der Waals surface area (Å²) in [4.78, 5) is 23.9. The van der Waals surface area contributed by atoms with Crippen molar-refractivity contribution in [3.8, 4) is 5.75 Å². The van der Waals surface area contributed by atoms with Crippen LogP contribution in [0, 0.1) is 10.1 Å². The number of aliphatic hydroxyl groups is 1. The second-order valence-electron chi connectivity index (χ2n) is 5.17. The predicted molar refractivity (Wildman–Crippen MR) is 74.7 cm³/mol. The van der Waals surface area contributed by atoms with Gasteiger partial charge in [0.15, 0.2) is 12.4 Å². The Hall–Kier alpha value is -2.35. The number of fused-ring (bicyclic) bond motifs is 1. The fourth-order valence-electron chi connectivity index (χ4n) is 2.68. The Balaban J connectivity index is 2.02. The van der Waals surface area contributed by atoms with Gasteiger partial charge in [-0.3, -0.25) is 14.9 Å². The van der Waals surface area contributed by atoms with E-state index in [1.165, 1.54) is 6.07 Å². The minimum absolute atomic E-state index is 0.0843. The average Bonchev–Trinajstić information content (AvgIpc) is 2.45. The lowest BCUT2D eigenvalue weighted by atomic mass is 10.1. The number of hydrogen-bond acceptors (Lipinski definition) is 6. The Bertz CT molecular complexity index is 604. The maximum atomic E-state index is 11.4. The molecule has 0 radical (unpaired) electrons. The molecule has 0 spiro atoms. The average molecular weight is 293 g/mol.